The largest absolute Gasteiger partial charge is 0.354 e. The number of rotatable bonds is 11. The average Bonchev–Trinajstić information content (AvgIpc) is 2.78. The first kappa shape index (κ1) is 29.2. The van der Waals surface area contributed by atoms with E-state index in [1.165, 1.54) is 17.0 Å². The molecule has 1 atom stereocenters. The van der Waals surface area contributed by atoms with Crippen molar-refractivity contribution in [1.29, 1.82) is 0 Å². The molecule has 0 radical (unpaired) electrons. The Morgan fingerprint density at radius 1 is 1.03 bits per heavy atom. The SMILES string of the molecule is CCC(C(=O)NCC(C)C)N(Cc1ccc(Cl)cc1)C(=O)CN(c1cccc(Cl)c1Cl)S(C)(=O)=O. The second kappa shape index (κ2) is 12.8. The van der Waals surface area contributed by atoms with E-state index < -0.39 is 28.5 Å². The number of carbonyl (C=O) groups excluding carboxylic acids is 2. The van der Waals surface area contributed by atoms with Crippen molar-refractivity contribution in [3.8, 4) is 0 Å². The molecule has 1 N–H and O–H groups in total. The summed E-state index contributed by atoms with van der Waals surface area (Å²) in [7, 11) is -3.91. The molecule has 0 heterocycles. The third-order valence-electron chi connectivity index (χ3n) is 5.22. The molecule has 35 heavy (non-hydrogen) atoms. The van der Waals surface area contributed by atoms with Crippen LogP contribution in [-0.2, 0) is 26.2 Å². The van der Waals surface area contributed by atoms with Gasteiger partial charge in [-0.05, 0) is 42.2 Å². The predicted octanol–water partition coefficient (Wildman–Crippen LogP) is 4.99. The molecule has 2 aromatic carbocycles. The minimum atomic E-state index is -3.91. The predicted molar refractivity (Wildman–Crippen MR) is 143 cm³/mol. The van der Waals surface area contributed by atoms with Crippen molar-refractivity contribution in [2.45, 2.75) is 39.8 Å². The van der Waals surface area contributed by atoms with Crippen LogP contribution in [0.4, 0.5) is 5.69 Å². The molecule has 1 unspecified atom stereocenters. The molecule has 0 fully saturated rings. The van der Waals surface area contributed by atoms with Gasteiger partial charge in [-0.3, -0.25) is 13.9 Å². The molecule has 11 heteroatoms. The van der Waals surface area contributed by atoms with Crippen molar-refractivity contribution in [3.63, 3.8) is 0 Å². The maximum absolute atomic E-state index is 13.6. The van der Waals surface area contributed by atoms with Crippen LogP contribution in [0, 0.1) is 5.92 Å². The van der Waals surface area contributed by atoms with Crippen LogP contribution < -0.4 is 9.62 Å². The zero-order chi connectivity index (χ0) is 26.3. The molecule has 0 aliphatic heterocycles. The third kappa shape index (κ3) is 8.27. The summed E-state index contributed by atoms with van der Waals surface area (Å²) in [6.45, 7) is 5.72. The fraction of sp³-hybridized carbons (Fsp3) is 0.417. The molecule has 2 rings (SSSR count). The van der Waals surface area contributed by atoms with Gasteiger partial charge in [0.25, 0.3) is 0 Å². The van der Waals surface area contributed by atoms with Crippen LogP contribution in [0.3, 0.4) is 0 Å². The summed E-state index contributed by atoms with van der Waals surface area (Å²) in [5, 5.41) is 3.57. The van der Waals surface area contributed by atoms with Gasteiger partial charge in [0.1, 0.15) is 12.6 Å². The summed E-state index contributed by atoms with van der Waals surface area (Å²) in [6.07, 6.45) is 1.31. The van der Waals surface area contributed by atoms with E-state index in [2.05, 4.69) is 5.32 Å². The third-order valence-corrected chi connectivity index (χ3v) is 7.40. The number of anilines is 1. The van der Waals surface area contributed by atoms with Crippen molar-refractivity contribution < 1.29 is 18.0 Å². The van der Waals surface area contributed by atoms with Crippen molar-refractivity contribution in [3.05, 3.63) is 63.1 Å². The summed E-state index contributed by atoms with van der Waals surface area (Å²) >= 11 is 18.4. The molecule has 0 aliphatic carbocycles. The fourth-order valence-electron chi connectivity index (χ4n) is 3.41. The van der Waals surface area contributed by atoms with Gasteiger partial charge < -0.3 is 10.2 Å². The highest BCUT2D eigenvalue weighted by atomic mass is 35.5. The quantitative estimate of drug-likeness (QED) is 0.418. The van der Waals surface area contributed by atoms with Crippen LogP contribution in [0.1, 0.15) is 32.8 Å². The van der Waals surface area contributed by atoms with Crippen molar-refractivity contribution in [1.82, 2.24) is 10.2 Å². The number of nitrogens with zero attached hydrogens (tertiary/aromatic N) is 2. The standard InChI is InChI=1S/C24H30Cl3N3O4S/c1-5-20(24(32)28-13-16(2)3)29(14-17-9-11-18(25)12-10-17)22(31)15-30(35(4,33)34)21-8-6-7-19(26)23(21)27/h6-12,16,20H,5,13-15H2,1-4H3,(H,28,32). The van der Waals surface area contributed by atoms with E-state index in [0.29, 0.717) is 18.0 Å². The molecular formula is C24H30Cl3N3O4S. The van der Waals surface area contributed by atoms with Crippen LogP contribution in [0.2, 0.25) is 15.1 Å². The average molecular weight is 563 g/mol. The molecule has 0 saturated heterocycles. The maximum Gasteiger partial charge on any atom is 0.244 e. The highest BCUT2D eigenvalue weighted by Crippen LogP contribution is 2.33. The molecule has 0 bridgehead atoms. The highest BCUT2D eigenvalue weighted by Gasteiger charge is 2.32. The van der Waals surface area contributed by atoms with Crippen LogP contribution in [0.5, 0.6) is 0 Å². The maximum atomic E-state index is 13.6. The molecule has 0 saturated carbocycles. The topological polar surface area (TPSA) is 86.8 Å². The van der Waals surface area contributed by atoms with E-state index in [4.69, 9.17) is 34.8 Å². The Labute approximate surface area is 222 Å². The molecule has 2 amide bonds. The minimum Gasteiger partial charge on any atom is -0.354 e. The highest BCUT2D eigenvalue weighted by molar-refractivity contribution is 7.92. The Hall–Kier alpha value is -2.00. The molecule has 0 spiro atoms. The summed E-state index contributed by atoms with van der Waals surface area (Å²) in [5.74, 6) is -0.647. The Bertz CT molecular complexity index is 1140. The van der Waals surface area contributed by atoms with Gasteiger partial charge in [-0.25, -0.2) is 8.42 Å². The van der Waals surface area contributed by atoms with Gasteiger partial charge in [0, 0.05) is 18.1 Å². The Kier molecular flexibility index (Phi) is 10.7. The van der Waals surface area contributed by atoms with Crippen molar-refractivity contribution >= 4 is 62.3 Å². The molecule has 0 aliphatic rings. The molecule has 192 valence electrons. The fourth-order valence-corrected chi connectivity index (χ4v) is 4.84. The van der Waals surface area contributed by atoms with Gasteiger partial charge in [-0.15, -0.1) is 0 Å². The smallest absolute Gasteiger partial charge is 0.244 e. The number of nitrogens with one attached hydrogen (secondary N) is 1. The summed E-state index contributed by atoms with van der Waals surface area (Å²) in [6, 6.07) is 10.6. The molecular weight excluding hydrogens is 533 g/mol. The monoisotopic (exact) mass is 561 g/mol. The zero-order valence-electron chi connectivity index (χ0n) is 20.1. The molecule has 0 aromatic heterocycles. The summed E-state index contributed by atoms with van der Waals surface area (Å²) < 4.78 is 26.2. The zero-order valence-corrected chi connectivity index (χ0v) is 23.2. The van der Waals surface area contributed by atoms with Crippen molar-refractivity contribution in [2.75, 3.05) is 23.7 Å². The van der Waals surface area contributed by atoms with Gasteiger partial charge >= 0.3 is 0 Å². The van der Waals surface area contributed by atoms with Crippen molar-refractivity contribution in [2.24, 2.45) is 5.92 Å². The first-order valence-electron chi connectivity index (χ1n) is 11.1. The summed E-state index contributed by atoms with van der Waals surface area (Å²) in [5.41, 5.74) is 0.823. The van der Waals surface area contributed by atoms with E-state index in [-0.39, 0.29) is 34.1 Å². The first-order chi connectivity index (χ1) is 16.3. The lowest BCUT2D eigenvalue weighted by atomic mass is 10.1. The number of carbonyl (C=O) groups is 2. The number of hydrogen-bond acceptors (Lipinski definition) is 4. The van der Waals surface area contributed by atoms with E-state index in [1.54, 1.807) is 37.3 Å². The van der Waals surface area contributed by atoms with Gasteiger partial charge in [-0.1, -0.05) is 73.8 Å². The minimum absolute atomic E-state index is 0.0124. The Balaban J connectivity index is 2.45. The van der Waals surface area contributed by atoms with Gasteiger partial charge in [0.05, 0.1) is 22.0 Å². The lowest BCUT2D eigenvalue weighted by molar-refractivity contribution is -0.140. The van der Waals surface area contributed by atoms with E-state index >= 15 is 0 Å². The first-order valence-corrected chi connectivity index (χ1v) is 14.1. The normalized spacial score (nSPS) is 12.3. The Morgan fingerprint density at radius 2 is 1.66 bits per heavy atom. The lowest BCUT2D eigenvalue weighted by Gasteiger charge is -2.33. The second-order valence-electron chi connectivity index (χ2n) is 8.55. The number of halogens is 3. The lowest BCUT2D eigenvalue weighted by Crippen LogP contribution is -2.52. The van der Waals surface area contributed by atoms with Crippen LogP contribution in [-0.4, -0.2) is 50.5 Å². The number of sulfonamides is 1. The second-order valence-corrected chi connectivity index (χ2v) is 11.7. The van der Waals surface area contributed by atoms with E-state index in [0.717, 1.165) is 16.1 Å². The summed E-state index contributed by atoms with van der Waals surface area (Å²) in [4.78, 5) is 28.0. The number of benzene rings is 2. The van der Waals surface area contributed by atoms with Gasteiger partial charge in [0.15, 0.2) is 0 Å². The van der Waals surface area contributed by atoms with Gasteiger partial charge in [-0.2, -0.15) is 0 Å². The van der Waals surface area contributed by atoms with E-state index in [1.807, 2.05) is 13.8 Å². The number of amides is 2. The Morgan fingerprint density at radius 3 is 2.20 bits per heavy atom. The van der Waals surface area contributed by atoms with Crippen LogP contribution >= 0.6 is 34.8 Å². The van der Waals surface area contributed by atoms with Crippen LogP contribution in [0.25, 0.3) is 0 Å². The number of hydrogen-bond donors (Lipinski definition) is 1. The molecule has 2 aromatic rings. The molecule has 7 nitrogen and oxygen atoms in total. The van der Waals surface area contributed by atoms with Crippen LogP contribution in [0.15, 0.2) is 42.5 Å². The van der Waals surface area contributed by atoms with E-state index in [9.17, 15) is 18.0 Å². The van der Waals surface area contributed by atoms with Gasteiger partial charge in [0.2, 0.25) is 21.8 Å².